The highest BCUT2D eigenvalue weighted by atomic mass is 15.1. The summed E-state index contributed by atoms with van der Waals surface area (Å²) in [5.41, 5.74) is 14.0. The summed E-state index contributed by atoms with van der Waals surface area (Å²) in [4.78, 5) is 2.43. The molecule has 1 aromatic heterocycles. The Kier molecular flexibility index (Phi) is 8.19. The van der Waals surface area contributed by atoms with Gasteiger partial charge >= 0.3 is 0 Å². The number of benzene rings is 10. The van der Waals surface area contributed by atoms with Crippen molar-refractivity contribution in [2.24, 2.45) is 0 Å². The normalized spacial score (nSPS) is 11.4. The summed E-state index contributed by atoms with van der Waals surface area (Å²) < 4.78 is 2.40. The molecule has 272 valence electrons. The van der Waals surface area contributed by atoms with Crippen LogP contribution in [-0.2, 0) is 0 Å². The van der Waals surface area contributed by atoms with E-state index < -0.39 is 0 Å². The van der Waals surface area contributed by atoms with E-state index in [1.165, 1.54) is 76.7 Å². The maximum Gasteiger partial charge on any atom is 0.0561 e. The Balaban J connectivity index is 1.07. The maximum absolute atomic E-state index is 2.43. The molecule has 1 heterocycles. The zero-order valence-electron chi connectivity index (χ0n) is 31.8. The Morgan fingerprint density at radius 2 is 0.810 bits per heavy atom. The van der Waals surface area contributed by atoms with Crippen LogP contribution in [0.15, 0.2) is 231 Å². The Labute approximate surface area is 338 Å². The third-order valence-corrected chi connectivity index (χ3v) is 11.5. The van der Waals surface area contributed by atoms with Crippen molar-refractivity contribution in [3.05, 3.63) is 231 Å². The van der Waals surface area contributed by atoms with Gasteiger partial charge in [-0.2, -0.15) is 0 Å². The molecular weight excluding hydrogens is 701 g/mol. The lowest BCUT2D eigenvalue weighted by Gasteiger charge is -2.28. The fourth-order valence-electron chi connectivity index (χ4n) is 8.70. The van der Waals surface area contributed by atoms with E-state index in [0.717, 1.165) is 22.7 Å². The van der Waals surface area contributed by atoms with Crippen LogP contribution in [-0.4, -0.2) is 4.57 Å². The highest BCUT2D eigenvalue weighted by molar-refractivity contribution is 6.10. The molecule has 0 N–H and O–H groups in total. The average molecular weight is 739 g/mol. The highest BCUT2D eigenvalue weighted by Gasteiger charge is 2.20. The molecule has 0 spiro atoms. The molecule has 0 atom stereocenters. The minimum Gasteiger partial charge on any atom is -0.310 e. The second-order valence-corrected chi connectivity index (χ2v) is 15.0. The average Bonchev–Trinajstić information content (AvgIpc) is 3.63. The minimum atomic E-state index is 1.09. The number of anilines is 3. The standard InChI is InChI=1S/C56H38N2/c1-4-14-39(15-5-1)42-26-27-44-35-45(29-28-43(44)34-42)46-25-24-40-30-31-49(37-47(40)36-46)57(54-22-12-10-20-51(54)41-16-6-2-7-17-41)50-32-33-53-52-21-11-13-23-55(52)58(56(53)38-50)48-18-8-3-9-19-48/h1-38H. The van der Waals surface area contributed by atoms with Crippen LogP contribution in [0.3, 0.4) is 0 Å². The lowest BCUT2D eigenvalue weighted by atomic mass is 9.96. The lowest BCUT2D eigenvalue weighted by molar-refractivity contribution is 1.18. The van der Waals surface area contributed by atoms with E-state index in [4.69, 9.17) is 0 Å². The molecule has 58 heavy (non-hydrogen) atoms. The third kappa shape index (κ3) is 5.91. The van der Waals surface area contributed by atoms with E-state index in [1.807, 2.05) is 0 Å². The monoisotopic (exact) mass is 738 g/mol. The SMILES string of the molecule is c1ccc(-c2ccc3cc(-c4ccc5ccc(N(c6ccc7c8ccccc8n(-c8ccccc8)c7c6)c6ccccc6-c6ccccc6)cc5c4)ccc3c2)cc1. The summed E-state index contributed by atoms with van der Waals surface area (Å²) in [5, 5.41) is 7.34. The summed E-state index contributed by atoms with van der Waals surface area (Å²) in [6.45, 7) is 0. The van der Waals surface area contributed by atoms with Crippen LogP contribution in [0.5, 0.6) is 0 Å². The van der Waals surface area contributed by atoms with Crippen LogP contribution in [0, 0.1) is 0 Å². The molecule has 0 aliphatic carbocycles. The molecule has 11 aromatic rings. The van der Waals surface area contributed by atoms with Crippen molar-refractivity contribution in [1.29, 1.82) is 0 Å². The molecular formula is C56H38N2. The summed E-state index contributed by atoms with van der Waals surface area (Å²) >= 11 is 0. The van der Waals surface area contributed by atoms with Crippen LogP contribution in [0.4, 0.5) is 17.1 Å². The van der Waals surface area contributed by atoms with Gasteiger partial charge in [0.2, 0.25) is 0 Å². The Bertz CT molecular complexity index is 3270. The smallest absolute Gasteiger partial charge is 0.0561 e. The minimum absolute atomic E-state index is 1.09. The van der Waals surface area contributed by atoms with E-state index >= 15 is 0 Å². The van der Waals surface area contributed by atoms with Gasteiger partial charge in [0.05, 0.1) is 16.7 Å². The molecule has 0 amide bonds. The van der Waals surface area contributed by atoms with Gasteiger partial charge in [0.1, 0.15) is 0 Å². The molecule has 11 rings (SSSR count). The van der Waals surface area contributed by atoms with Crippen LogP contribution in [0.1, 0.15) is 0 Å². The van der Waals surface area contributed by atoms with Gasteiger partial charge in [-0.1, -0.05) is 164 Å². The van der Waals surface area contributed by atoms with Gasteiger partial charge in [0, 0.05) is 33.4 Å². The Morgan fingerprint density at radius 3 is 1.55 bits per heavy atom. The first-order valence-corrected chi connectivity index (χ1v) is 19.9. The number of fused-ring (bicyclic) bond motifs is 5. The first-order chi connectivity index (χ1) is 28.7. The topological polar surface area (TPSA) is 8.17 Å². The van der Waals surface area contributed by atoms with E-state index in [-0.39, 0.29) is 0 Å². The van der Waals surface area contributed by atoms with Crippen LogP contribution in [0.25, 0.3) is 82.4 Å². The van der Waals surface area contributed by atoms with Crippen molar-refractivity contribution in [2.45, 2.75) is 0 Å². The van der Waals surface area contributed by atoms with Gasteiger partial charge in [-0.15, -0.1) is 0 Å². The predicted molar refractivity (Wildman–Crippen MR) is 247 cm³/mol. The second-order valence-electron chi connectivity index (χ2n) is 15.0. The molecule has 0 bridgehead atoms. The van der Waals surface area contributed by atoms with Crippen LogP contribution < -0.4 is 4.90 Å². The van der Waals surface area contributed by atoms with Crippen LogP contribution in [0.2, 0.25) is 0 Å². The van der Waals surface area contributed by atoms with Gasteiger partial charge in [0.25, 0.3) is 0 Å². The number of aromatic nitrogens is 1. The molecule has 0 saturated carbocycles. The van der Waals surface area contributed by atoms with E-state index in [2.05, 4.69) is 240 Å². The highest BCUT2D eigenvalue weighted by Crippen LogP contribution is 2.44. The first kappa shape index (κ1) is 33.6. The molecule has 10 aromatic carbocycles. The lowest BCUT2D eigenvalue weighted by Crippen LogP contribution is -2.11. The Morgan fingerprint density at radius 1 is 0.293 bits per heavy atom. The van der Waals surface area contributed by atoms with Crippen molar-refractivity contribution in [1.82, 2.24) is 4.57 Å². The fraction of sp³-hybridized carbons (Fsp3) is 0. The van der Waals surface area contributed by atoms with Gasteiger partial charge in [0.15, 0.2) is 0 Å². The molecule has 0 unspecified atom stereocenters. The van der Waals surface area contributed by atoms with E-state index in [9.17, 15) is 0 Å². The third-order valence-electron chi connectivity index (χ3n) is 11.5. The first-order valence-electron chi connectivity index (χ1n) is 19.9. The number of rotatable bonds is 7. The number of hydrogen-bond acceptors (Lipinski definition) is 1. The predicted octanol–water partition coefficient (Wildman–Crippen LogP) is 15.6. The van der Waals surface area contributed by atoms with Gasteiger partial charge < -0.3 is 9.47 Å². The van der Waals surface area contributed by atoms with Crippen LogP contribution >= 0.6 is 0 Å². The fourth-order valence-corrected chi connectivity index (χ4v) is 8.70. The molecule has 2 heteroatoms. The molecule has 0 saturated heterocycles. The molecule has 2 nitrogen and oxygen atoms in total. The summed E-state index contributed by atoms with van der Waals surface area (Å²) in [7, 11) is 0. The summed E-state index contributed by atoms with van der Waals surface area (Å²) in [6, 6.07) is 83.8. The van der Waals surface area contributed by atoms with Gasteiger partial charge in [-0.25, -0.2) is 0 Å². The van der Waals surface area contributed by atoms with Crippen molar-refractivity contribution in [3.63, 3.8) is 0 Å². The van der Waals surface area contributed by atoms with Gasteiger partial charge in [-0.05, 0) is 116 Å². The zero-order valence-corrected chi connectivity index (χ0v) is 31.8. The van der Waals surface area contributed by atoms with Crippen molar-refractivity contribution >= 4 is 60.4 Å². The number of hydrogen-bond donors (Lipinski definition) is 0. The molecule has 0 fully saturated rings. The molecule has 0 aliphatic rings. The van der Waals surface area contributed by atoms with E-state index in [0.29, 0.717) is 0 Å². The van der Waals surface area contributed by atoms with E-state index in [1.54, 1.807) is 0 Å². The quantitative estimate of drug-likeness (QED) is 0.158. The van der Waals surface area contributed by atoms with Gasteiger partial charge in [-0.3, -0.25) is 0 Å². The number of para-hydroxylation sites is 3. The molecule has 0 radical (unpaired) electrons. The number of nitrogens with zero attached hydrogens (tertiary/aromatic N) is 2. The maximum atomic E-state index is 2.43. The second kappa shape index (κ2) is 14.1. The molecule has 0 aliphatic heterocycles. The largest absolute Gasteiger partial charge is 0.310 e. The summed E-state index contributed by atoms with van der Waals surface area (Å²) in [6.07, 6.45) is 0. The van der Waals surface area contributed by atoms with Crippen molar-refractivity contribution < 1.29 is 0 Å². The van der Waals surface area contributed by atoms with Crippen molar-refractivity contribution in [3.8, 4) is 39.1 Å². The summed E-state index contributed by atoms with van der Waals surface area (Å²) in [5.74, 6) is 0. The Hall–Kier alpha value is -7.68. The van der Waals surface area contributed by atoms with Crippen molar-refractivity contribution in [2.75, 3.05) is 4.90 Å². The zero-order chi connectivity index (χ0) is 38.4.